The number of anilines is 2. The van der Waals surface area contributed by atoms with E-state index in [4.69, 9.17) is 24.2 Å². The van der Waals surface area contributed by atoms with Crippen molar-refractivity contribution in [2.75, 3.05) is 49.4 Å². The number of methoxy groups -OCH3 is 1. The average Bonchev–Trinajstić information content (AvgIpc) is 3.13. The van der Waals surface area contributed by atoms with Gasteiger partial charge in [-0.3, -0.25) is 4.79 Å². The molecule has 3 aromatic carbocycles. The molecule has 43 heavy (non-hydrogen) atoms. The van der Waals surface area contributed by atoms with Crippen LogP contribution in [0.1, 0.15) is 23.1 Å². The van der Waals surface area contributed by atoms with E-state index in [1.54, 1.807) is 19.2 Å². The van der Waals surface area contributed by atoms with E-state index >= 15 is 0 Å². The average molecular weight is 603 g/mol. The van der Waals surface area contributed by atoms with E-state index < -0.39 is 15.3 Å². The molecule has 0 spiro atoms. The van der Waals surface area contributed by atoms with Crippen molar-refractivity contribution in [3.05, 3.63) is 83.4 Å². The van der Waals surface area contributed by atoms with Gasteiger partial charge in [0, 0.05) is 30.4 Å². The molecule has 10 nitrogen and oxygen atoms in total. The molecule has 6 rings (SSSR count). The number of nitrogens with zero attached hydrogens (tertiary/aromatic N) is 3. The number of aryl methyl sites for hydroxylation is 1. The molecule has 0 saturated carbocycles. The van der Waals surface area contributed by atoms with Gasteiger partial charge in [-0.15, -0.1) is 0 Å². The number of ether oxygens (including phenoxy) is 3. The van der Waals surface area contributed by atoms with E-state index in [0.717, 1.165) is 33.3 Å². The Morgan fingerprint density at radius 2 is 1.86 bits per heavy atom. The quantitative estimate of drug-likeness (QED) is 0.278. The minimum atomic E-state index is -3.42. The van der Waals surface area contributed by atoms with Crippen LogP contribution in [0.4, 0.5) is 11.8 Å². The summed E-state index contributed by atoms with van der Waals surface area (Å²) in [5.41, 5.74) is 2.97. The largest absolute Gasteiger partial charge is 0.497 e. The van der Waals surface area contributed by atoms with Crippen molar-refractivity contribution in [1.29, 1.82) is 0 Å². The summed E-state index contributed by atoms with van der Waals surface area (Å²) in [5.74, 6) is 1.49. The SMILES string of the molecule is COc1ccc(COC(=O)CC2(CNc3nc(N4CCS(=O)(=O)c5ccccc5C4)nc4ccc(C)cc34)COC2)cc1. The van der Waals surface area contributed by atoms with Crippen LogP contribution in [-0.4, -0.2) is 63.5 Å². The zero-order valence-corrected chi connectivity index (χ0v) is 25.0. The Bertz CT molecular complexity index is 1760. The number of fused-ring (bicyclic) bond motifs is 2. The molecular weight excluding hydrogens is 568 g/mol. The van der Waals surface area contributed by atoms with Gasteiger partial charge in [0.2, 0.25) is 5.95 Å². The Morgan fingerprint density at radius 3 is 2.60 bits per heavy atom. The molecule has 4 aromatic rings. The molecule has 224 valence electrons. The van der Waals surface area contributed by atoms with Crippen LogP contribution in [0.3, 0.4) is 0 Å². The van der Waals surface area contributed by atoms with Gasteiger partial charge in [0.15, 0.2) is 9.84 Å². The maximum absolute atomic E-state index is 12.9. The van der Waals surface area contributed by atoms with E-state index in [2.05, 4.69) is 5.32 Å². The van der Waals surface area contributed by atoms with Crippen molar-refractivity contribution in [1.82, 2.24) is 9.97 Å². The summed E-state index contributed by atoms with van der Waals surface area (Å²) in [6, 6.07) is 20.5. The number of nitrogens with one attached hydrogen (secondary N) is 1. The second kappa shape index (κ2) is 11.8. The molecule has 3 heterocycles. The van der Waals surface area contributed by atoms with E-state index in [9.17, 15) is 13.2 Å². The van der Waals surface area contributed by atoms with Crippen LogP contribution < -0.4 is 15.0 Å². The zero-order valence-electron chi connectivity index (χ0n) is 24.2. The topological polar surface area (TPSA) is 120 Å². The van der Waals surface area contributed by atoms with Crippen molar-refractivity contribution in [2.45, 2.75) is 31.4 Å². The highest BCUT2D eigenvalue weighted by molar-refractivity contribution is 7.91. The molecule has 2 aliphatic rings. The third-order valence-corrected chi connectivity index (χ3v) is 9.74. The van der Waals surface area contributed by atoms with Gasteiger partial charge in [0.05, 0.1) is 42.9 Å². The maximum Gasteiger partial charge on any atom is 0.306 e. The fraction of sp³-hybridized carbons (Fsp3) is 0.344. The molecule has 0 amide bonds. The molecular formula is C32H34N4O6S. The highest BCUT2D eigenvalue weighted by Gasteiger charge is 2.41. The first-order valence-corrected chi connectivity index (χ1v) is 15.8. The number of aromatic nitrogens is 2. The first kappa shape index (κ1) is 28.9. The van der Waals surface area contributed by atoms with Crippen LogP contribution in [-0.2, 0) is 37.3 Å². The van der Waals surface area contributed by atoms with Crippen LogP contribution in [0.5, 0.6) is 5.75 Å². The molecule has 0 radical (unpaired) electrons. The monoisotopic (exact) mass is 602 g/mol. The van der Waals surface area contributed by atoms with E-state index in [1.165, 1.54) is 0 Å². The van der Waals surface area contributed by atoms with Gasteiger partial charge in [-0.05, 0) is 48.4 Å². The van der Waals surface area contributed by atoms with Crippen LogP contribution >= 0.6 is 0 Å². The number of sulfone groups is 1. The summed E-state index contributed by atoms with van der Waals surface area (Å²) < 4.78 is 42.2. The maximum atomic E-state index is 12.9. The number of hydrogen-bond donors (Lipinski definition) is 1. The molecule has 11 heteroatoms. The van der Waals surface area contributed by atoms with Gasteiger partial charge < -0.3 is 24.4 Å². The number of esters is 1. The lowest BCUT2D eigenvalue weighted by Gasteiger charge is -2.41. The fourth-order valence-electron chi connectivity index (χ4n) is 5.41. The smallest absolute Gasteiger partial charge is 0.306 e. The van der Waals surface area contributed by atoms with Crippen LogP contribution in [0.25, 0.3) is 10.9 Å². The second-order valence-electron chi connectivity index (χ2n) is 11.3. The summed E-state index contributed by atoms with van der Waals surface area (Å²) in [6.07, 6.45) is 0.200. The summed E-state index contributed by atoms with van der Waals surface area (Å²) >= 11 is 0. The van der Waals surface area contributed by atoms with Gasteiger partial charge in [-0.25, -0.2) is 13.4 Å². The van der Waals surface area contributed by atoms with Gasteiger partial charge in [0.25, 0.3) is 0 Å². The van der Waals surface area contributed by atoms with E-state index in [-0.39, 0.29) is 31.3 Å². The number of rotatable bonds is 9. The van der Waals surface area contributed by atoms with Crippen molar-refractivity contribution in [3.63, 3.8) is 0 Å². The van der Waals surface area contributed by atoms with E-state index in [1.807, 2.05) is 66.4 Å². The molecule has 2 aliphatic heterocycles. The number of carbonyl (C=O) groups is 1. The fourth-order valence-corrected chi connectivity index (χ4v) is 6.91. The number of benzene rings is 3. The normalized spacial score (nSPS) is 16.9. The lowest BCUT2D eigenvalue weighted by atomic mass is 9.82. The minimum absolute atomic E-state index is 0.0266. The summed E-state index contributed by atoms with van der Waals surface area (Å²) in [4.78, 5) is 24.8. The predicted molar refractivity (Wildman–Crippen MR) is 163 cm³/mol. The predicted octanol–water partition coefficient (Wildman–Crippen LogP) is 4.30. The van der Waals surface area contributed by atoms with Crippen molar-refractivity contribution < 1.29 is 27.4 Å². The lowest BCUT2D eigenvalue weighted by Crippen LogP contribution is -2.49. The number of hydrogen-bond acceptors (Lipinski definition) is 10. The first-order valence-electron chi connectivity index (χ1n) is 14.2. The van der Waals surface area contributed by atoms with Crippen LogP contribution in [0.2, 0.25) is 0 Å². The molecule has 1 N–H and O–H groups in total. The molecule has 0 bridgehead atoms. The lowest BCUT2D eigenvalue weighted by molar-refractivity contribution is -0.160. The van der Waals surface area contributed by atoms with Gasteiger partial charge >= 0.3 is 5.97 Å². The minimum Gasteiger partial charge on any atom is -0.497 e. The van der Waals surface area contributed by atoms with Gasteiger partial charge in [-0.1, -0.05) is 42.0 Å². The zero-order chi connectivity index (χ0) is 30.0. The molecule has 1 saturated heterocycles. The van der Waals surface area contributed by atoms with Gasteiger partial charge in [0.1, 0.15) is 18.2 Å². The Kier molecular flexibility index (Phi) is 7.93. The molecule has 0 aliphatic carbocycles. The molecule has 1 aromatic heterocycles. The van der Waals surface area contributed by atoms with Crippen molar-refractivity contribution in [3.8, 4) is 5.75 Å². The Labute approximate surface area is 250 Å². The number of carbonyl (C=O) groups excluding carboxylic acids is 1. The summed E-state index contributed by atoms with van der Waals surface area (Å²) in [7, 11) is -1.81. The van der Waals surface area contributed by atoms with Crippen molar-refractivity contribution in [2.24, 2.45) is 5.41 Å². The molecule has 0 atom stereocenters. The Morgan fingerprint density at radius 1 is 1.07 bits per heavy atom. The Hall–Kier alpha value is -4.22. The highest BCUT2D eigenvalue weighted by atomic mass is 32.2. The Balaban J connectivity index is 1.20. The summed E-state index contributed by atoms with van der Waals surface area (Å²) in [6.45, 7) is 4.13. The first-order chi connectivity index (χ1) is 20.7. The van der Waals surface area contributed by atoms with Crippen LogP contribution in [0.15, 0.2) is 71.6 Å². The third-order valence-electron chi connectivity index (χ3n) is 7.95. The highest BCUT2D eigenvalue weighted by Crippen LogP contribution is 2.34. The van der Waals surface area contributed by atoms with Crippen LogP contribution in [0, 0.1) is 12.3 Å². The van der Waals surface area contributed by atoms with Gasteiger partial charge in [-0.2, -0.15) is 4.98 Å². The van der Waals surface area contributed by atoms with Crippen molar-refractivity contribution >= 4 is 38.5 Å². The standard InChI is InChI=1S/C32H34N4O6S/c1-22-7-12-27-26(15-22)30(35-31(34-27)36-13-14-43(38,39)28-6-4-3-5-24(28)17-36)33-19-32(20-41-21-32)16-29(37)42-18-23-8-10-25(40-2)11-9-23/h3-12,15H,13-14,16-21H2,1-2H3,(H,33,34,35). The molecule has 1 fully saturated rings. The molecule has 0 unspecified atom stereocenters. The second-order valence-corrected chi connectivity index (χ2v) is 13.4. The third kappa shape index (κ3) is 6.28. The van der Waals surface area contributed by atoms with E-state index in [0.29, 0.717) is 43.0 Å². The summed E-state index contributed by atoms with van der Waals surface area (Å²) in [5, 5.41) is 4.33.